The van der Waals surface area contributed by atoms with Gasteiger partial charge in [-0.1, -0.05) is 36.7 Å². The highest BCUT2D eigenvalue weighted by molar-refractivity contribution is 8.15. The zero-order valence-electron chi connectivity index (χ0n) is 15.1. The topological polar surface area (TPSA) is 63.7 Å². The van der Waals surface area contributed by atoms with Crippen molar-refractivity contribution in [3.63, 3.8) is 0 Å². The lowest BCUT2D eigenvalue weighted by molar-refractivity contribution is -0.114. The van der Waals surface area contributed by atoms with Crippen molar-refractivity contribution in [2.75, 3.05) is 18.1 Å². The molecule has 0 N–H and O–H groups in total. The summed E-state index contributed by atoms with van der Waals surface area (Å²) in [5.41, 5.74) is 1.97. The molecule has 0 aromatic heterocycles. The van der Waals surface area contributed by atoms with Crippen LogP contribution in [0.3, 0.4) is 0 Å². The number of para-hydroxylation sites is 1. The Bertz CT molecular complexity index is 771. The maximum atomic E-state index is 12.1. The molecule has 0 saturated heterocycles. The summed E-state index contributed by atoms with van der Waals surface area (Å²) in [5.74, 6) is -0.0112. The van der Waals surface area contributed by atoms with Crippen molar-refractivity contribution in [1.29, 1.82) is 0 Å². The third kappa shape index (κ3) is 3.70. The third-order valence-electron chi connectivity index (χ3n) is 4.74. The molecular weight excluding hydrogens is 350 g/mol. The predicted octanol–water partition coefficient (Wildman–Crippen LogP) is 3.73. The normalized spacial score (nSPS) is 19.5. The summed E-state index contributed by atoms with van der Waals surface area (Å²) in [6.07, 6.45) is 3.70. The molecule has 2 aliphatic rings. The lowest BCUT2D eigenvalue weighted by Crippen LogP contribution is -2.30. The molecule has 5 nitrogen and oxygen atoms in total. The van der Waals surface area contributed by atoms with Gasteiger partial charge in [-0.2, -0.15) is 0 Å². The van der Waals surface area contributed by atoms with Gasteiger partial charge in [-0.15, -0.1) is 0 Å². The molecule has 1 aromatic carbocycles. The first kappa shape index (κ1) is 18.7. The van der Waals surface area contributed by atoms with Gasteiger partial charge in [-0.3, -0.25) is 14.4 Å². The first-order valence-electron chi connectivity index (χ1n) is 9.00. The number of nitrogens with zero attached hydrogens (tertiary/aromatic N) is 1. The first-order chi connectivity index (χ1) is 12.5. The van der Waals surface area contributed by atoms with E-state index in [4.69, 9.17) is 4.74 Å². The van der Waals surface area contributed by atoms with Gasteiger partial charge in [0.25, 0.3) is 11.7 Å². The van der Waals surface area contributed by atoms with E-state index in [-0.39, 0.29) is 10.4 Å². The Balaban J connectivity index is 1.37. The summed E-state index contributed by atoms with van der Waals surface area (Å²) in [7, 11) is 0. The number of fused-ring (bicyclic) bond motifs is 1. The predicted molar refractivity (Wildman–Crippen MR) is 102 cm³/mol. The Hall–Kier alpha value is -2.08. The average Bonchev–Trinajstić information content (AvgIpc) is 3.02. The van der Waals surface area contributed by atoms with Crippen LogP contribution in [0.2, 0.25) is 0 Å². The summed E-state index contributed by atoms with van der Waals surface area (Å²) in [6, 6.07) is 7.15. The molecule has 1 atom stereocenters. The van der Waals surface area contributed by atoms with Crippen LogP contribution in [0.25, 0.3) is 0 Å². The van der Waals surface area contributed by atoms with Crippen LogP contribution in [0.4, 0.5) is 5.69 Å². The SMILES string of the molecule is CC1=C(OCCCCCCN2C(=O)C(=O)c3ccccc32)C(C)SC1=O. The molecule has 0 fully saturated rings. The molecule has 0 radical (unpaired) electrons. The molecular formula is C20H23NO4S. The third-order valence-corrected chi connectivity index (χ3v) is 5.83. The Kier molecular flexibility index (Phi) is 5.81. The highest BCUT2D eigenvalue weighted by Crippen LogP contribution is 2.34. The van der Waals surface area contributed by atoms with E-state index in [2.05, 4.69) is 0 Å². The maximum Gasteiger partial charge on any atom is 0.299 e. The molecule has 1 amide bonds. The molecule has 0 bridgehead atoms. The second-order valence-electron chi connectivity index (χ2n) is 6.60. The van der Waals surface area contributed by atoms with Gasteiger partial charge < -0.3 is 9.64 Å². The first-order valence-corrected chi connectivity index (χ1v) is 9.88. The van der Waals surface area contributed by atoms with Gasteiger partial charge in [0.05, 0.1) is 23.1 Å². The summed E-state index contributed by atoms with van der Waals surface area (Å²) >= 11 is 1.31. The molecule has 0 aliphatic carbocycles. The smallest absolute Gasteiger partial charge is 0.299 e. The van der Waals surface area contributed by atoms with Gasteiger partial charge in [0.2, 0.25) is 5.12 Å². The summed E-state index contributed by atoms with van der Waals surface area (Å²) < 4.78 is 5.78. The number of ether oxygens (including phenoxy) is 1. The minimum Gasteiger partial charge on any atom is -0.496 e. The number of carbonyl (C=O) groups excluding carboxylic acids is 3. The van der Waals surface area contributed by atoms with E-state index in [1.54, 1.807) is 17.0 Å². The van der Waals surface area contributed by atoms with Crippen molar-refractivity contribution in [2.24, 2.45) is 0 Å². The van der Waals surface area contributed by atoms with Crippen LogP contribution in [0, 0.1) is 0 Å². The molecule has 26 heavy (non-hydrogen) atoms. The van der Waals surface area contributed by atoms with Gasteiger partial charge in [-0.05, 0) is 38.8 Å². The van der Waals surface area contributed by atoms with E-state index in [1.165, 1.54) is 11.8 Å². The fourth-order valence-electron chi connectivity index (χ4n) is 3.31. The maximum absolute atomic E-state index is 12.1. The Morgan fingerprint density at radius 3 is 2.54 bits per heavy atom. The van der Waals surface area contributed by atoms with E-state index < -0.39 is 11.7 Å². The van der Waals surface area contributed by atoms with E-state index in [0.29, 0.717) is 18.7 Å². The Morgan fingerprint density at radius 1 is 1.08 bits per heavy atom. The quantitative estimate of drug-likeness (QED) is 0.513. The number of unbranched alkanes of at least 4 members (excludes halogenated alkanes) is 3. The molecule has 0 saturated carbocycles. The lowest BCUT2D eigenvalue weighted by atomic mass is 10.1. The number of hydrogen-bond donors (Lipinski definition) is 0. The Morgan fingerprint density at radius 2 is 1.81 bits per heavy atom. The number of anilines is 1. The largest absolute Gasteiger partial charge is 0.496 e. The summed E-state index contributed by atoms with van der Waals surface area (Å²) in [4.78, 5) is 37.2. The zero-order valence-corrected chi connectivity index (χ0v) is 15.9. The molecule has 1 aromatic rings. The van der Waals surface area contributed by atoms with Crippen molar-refractivity contribution < 1.29 is 19.1 Å². The molecule has 0 spiro atoms. The van der Waals surface area contributed by atoms with E-state index >= 15 is 0 Å². The molecule has 3 rings (SSSR count). The second-order valence-corrected chi connectivity index (χ2v) is 7.92. The van der Waals surface area contributed by atoms with E-state index in [0.717, 1.165) is 42.7 Å². The number of ketones is 1. The summed E-state index contributed by atoms with van der Waals surface area (Å²) in [5, 5.41) is 0.221. The van der Waals surface area contributed by atoms with Crippen molar-refractivity contribution in [3.05, 3.63) is 41.2 Å². The van der Waals surface area contributed by atoms with Crippen LogP contribution in [0.5, 0.6) is 0 Å². The highest BCUT2D eigenvalue weighted by Gasteiger charge is 2.34. The van der Waals surface area contributed by atoms with Crippen LogP contribution in [-0.2, 0) is 14.3 Å². The fraction of sp³-hybridized carbons (Fsp3) is 0.450. The van der Waals surface area contributed by atoms with Crippen LogP contribution in [0.1, 0.15) is 49.9 Å². The number of benzene rings is 1. The molecule has 6 heteroatoms. The standard InChI is InChI=1S/C20H23NO4S/c1-13-18(14(2)26-20(13)24)25-12-8-4-3-7-11-21-16-10-6-5-9-15(16)17(22)19(21)23/h5-6,9-10,14H,3-4,7-8,11-12H2,1-2H3. The van der Waals surface area contributed by atoms with E-state index in [1.807, 2.05) is 26.0 Å². The number of Topliss-reactive ketones (excluding diaryl/α,β-unsaturated/α-hetero) is 1. The van der Waals surface area contributed by atoms with Gasteiger partial charge in [0.1, 0.15) is 5.76 Å². The number of thioether (sulfide) groups is 1. The molecule has 2 aliphatic heterocycles. The molecule has 2 heterocycles. The zero-order chi connectivity index (χ0) is 18.7. The minimum absolute atomic E-state index is 0.109. The van der Waals surface area contributed by atoms with Crippen molar-refractivity contribution >= 4 is 34.3 Å². The van der Waals surface area contributed by atoms with Crippen molar-refractivity contribution in [1.82, 2.24) is 0 Å². The van der Waals surface area contributed by atoms with Gasteiger partial charge in [-0.25, -0.2) is 0 Å². The van der Waals surface area contributed by atoms with Gasteiger partial charge >= 0.3 is 0 Å². The summed E-state index contributed by atoms with van der Waals surface area (Å²) in [6.45, 7) is 4.98. The monoisotopic (exact) mass is 373 g/mol. The number of amides is 1. The van der Waals surface area contributed by atoms with E-state index in [9.17, 15) is 14.4 Å². The highest BCUT2D eigenvalue weighted by atomic mass is 32.2. The van der Waals surface area contributed by atoms with Gasteiger partial charge in [0.15, 0.2) is 0 Å². The second kappa shape index (κ2) is 8.08. The van der Waals surface area contributed by atoms with Crippen LogP contribution in [0.15, 0.2) is 35.6 Å². The van der Waals surface area contributed by atoms with Crippen LogP contribution in [-0.4, -0.2) is 35.2 Å². The fourth-order valence-corrected chi connectivity index (χ4v) is 4.26. The van der Waals surface area contributed by atoms with Gasteiger partial charge in [0, 0.05) is 12.1 Å². The molecule has 1 unspecified atom stereocenters. The minimum atomic E-state index is -0.422. The van der Waals surface area contributed by atoms with Crippen molar-refractivity contribution in [2.45, 2.75) is 44.8 Å². The molecule has 138 valence electrons. The van der Waals surface area contributed by atoms with Crippen molar-refractivity contribution in [3.8, 4) is 0 Å². The number of hydrogen-bond acceptors (Lipinski definition) is 5. The lowest BCUT2D eigenvalue weighted by Gasteiger charge is -2.16. The Labute approximate surface area is 157 Å². The number of carbonyl (C=O) groups is 3. The average molecular weight is 373 g/mol. The van der Waals surface area contributed by atoms with Crippen LogP contribution >= 0.6 is 11.8 Å². The number of rotatable bonds is 8. The van der Waals surface area contributed by atoms with Crippen LogP contribution < -0.4 is 4.90 Å².